The van der Waals surface area contributed by atoms with Crippen LogP contribution in [0.4, 0.5) is 17.6 Å². The molecule has 7 aromatic heterocycles. The van der Waals surface area contributed by atoms with Crippen LogP contribution in [-0.2, 0) is 50.0 Å². The predicted octanol–water partition coefficient (Wildman–Crippen LogP) is 7.47. The van der Waals surface area contributed by atoms with E-state index in [4.69, 9.17) is 30.1 Å². The molecular weight excluding hydrogens is 1270 g/mol. The number of nitrogens with zero attached hydrogens (tertiary/aromatic N) is 8. The molecule has 2 atom stereocenters. The Morgan fingerprint density at radius 3 is 1.18 bits per heavy atom. The second-order valence-electron chi connectivity index (χ2n) is 23.6. The standard InChI is InChI=1S/2C19H19FN2O3.C18H19FN2O3.C18H17FN2O3/c2*1-12-2-3-13(17(20)6-12)7-15-9-21-8-14-4-5-22(10-16(24)11-23)19(25)18(14)15;2*1-12-2-3-13(16(19)8-12)9-15-11-20-10-14-4-5-21(24-7-6-22)18(23)17(14)15/h2*2-6,8-9,16,23-24H,7,10-11H2,1H3;2-3,8,10-11,22H,4-7,9H2,1H3;2-5,8,10-11,22H,6-7,9H2,1H3/t2*16-;;/m10../s1. The molecule has 0 saturated heterocycles. The number of carbonyl (C=O) groups is 1. The summed E-state index contributed by atoms with van der Waals surface area (Å²) >= 11 is 0. The van der Waals surface area contributed by atoms with Crippen LogP contribution in [0, 0.1) is 51.0 Å². The summed E-state index contributed by atoms with van der Waals surface area (Å²) in [5, 5.41) is 59.4. The lowest BCUT2D eigenvalue weighted by Crippen LogP contribution is -2.39. The van der Waals surface area contributed by atoms with Crippen molar-refractivity contribution in [2.45, 2.75) is 85.1 Å². The number of halogens is 4. The van der Waals surface area contributed by atoms with Crippen LogP contribution >= 0.6 is 0 Å². The highest BCUT2D eigenvalue weighted by molar-refractivity contribution is 5.97. The van der Waals surface area contributed by atoms with Gasteiger partial charge in [-0.25, -0.2) is 22.6 Å². The number of hydrogen-bond acceptors (Lipinski definition) is 16. The molecule has 0 spiro atoms. The highest BCUT2D eigenvalue weighted by Crippen LogP contribution is 2.27. The lowest BCUT2D eigenvalue weighted by molar-refractivity contribution is -0.132. The maximum Gasteiger partial charge on any atom is 0.291 e. The lowest BCUT2D eigenvalue weighted by atomic mass is 9.93. The van der Waals surface area contributed by atoms with Gasteiger partial charge in [0.2, 0.25) is 0 Å². The van der Waals surface area contributed by atoms with Gasteiger partial charge in [0.15, 0.2) is 0 Å². The van der Waals surface area contributed by atoms with Crippen molar-refractivity contribution in [2.75, 3.05) is 46.2 Å². The maximum absolute atomic E-state index is 14.2. The second kappa shape index (κ2) is 33.7. The molecule has 0 unspecified atom stereocenters. The number of aliphatic hydroxyl groups is 6. The summed E-state index contributed by atoms with van der Waals surface area (Å²) in [4.78, 5) is 77.9. The number of hydroxylamine groups is 2. The predicted molar refractivity (Wildman–Crippen MR) is 361 cm³/mol. The molecule has 0 aliphatic carbocycles. The minimum absolute atomic E-state index is 0.00801. The summed E-state index contributed by atoms with van der Waals surface area (Å²) in [5.74, 6) is -1.49. The summed E-state index contributed by atoms with van der Waals surface area (Å²) in [6, 6.07) is 25.2. The molecule has 11 aromatic rings. The highest BCUT2D eigenvalue weighted by Gasteiger charge is 2.29. The highest BCUT2D eigenvalue weighted by atomic mass is 19.1. The summed E-state index contributed by atoms with van der Waals surface area (Å²) in [6.45, 7) is 6.55. The van der Waals surface area contributed by atoms with Crippen molar-refractivity contribution >= 4 is 38.2 Å². The fourth-order valence-corrected chi connectivity index (χ4v) is 11.2. The molecule has 0 fully saturated rings. The second-order valence-corrected chi connectivity index (χ2v) is 23.6. The van der Waals surface area contributed by atoms with Gasteiger partial charge in [0.25, 0.3) is 22.6 Å². The number of aryl methyl sites for hydroxylation is 4. The molecule has 98 heavy (non-hydrogen) atoms. The van der Waals surface area contributed by atoms with Crippen LogP contribution in [0.25, 0.3) is 32.3 Å². The van der Waals surface area contributed by atoms with Gasteiger partial charge in [0.1, 0.15) is 29.9 Å². The number of aliphatic hydroxyl groups excluding tert-OH is 6. The van der Waals surface area contributed by atoms with Crippen molar-refractivity contribution < 1.29 is 62.7 Å². The Balaban J connectivity index is 0.000000153. The Morgan fingerprint density at radius 1 is 0.439 bits per heavy atom. The zero-order valence-corrected chi connectivity index (χ0v) is 54.3. The summed E-state index contributed by atoms with van der Waals surface area (Å²) in [6.07, 6.45) is 16.9. The number of aromatic nitrogens is 7. The molecule has 12 rings (SSSR count). The van der Waals surface area contributed by atoms with Crippen molar-refractivity contribution in [3.05, 3.63) is 291 Å². The normalized spacial score (nSPS) is 12.5. The van der Waals surface area contributed by atoms with Crippen molar-refractivity contribution in [1.29, 1.82) is 0 Å². The van der Waals surface area contributed by atoms with E-state index in [1.165, 1.54) is 44.7 Å². The maximum atomic E-state index is 14.2. The van der Waals surface area contributed by atoms with Gasteiger partial charge in [-0.3, -0.25) is 44.0 Å². The molecule has 4 aromatic carbocycles. The van der Waals surface area contributed by atoms with Gasteiger partial charge in [0, 0.05) is 110 Å². The Bertz CT molecular complexity index is 4680. The average Bonchev–Trinajstić information content (AvgIpc) is 0.806. The number of benzene rings is 4. The van der Waals surface area contributed by atoms with E-state index >= 15 is 0 Å². The number of rotatable bonds is 20. The minimum atomic E-state index is -1.02. The number of carbonyl (C=O) groups excluding carboxylic acids is 1. The zero-order valence-electron chi connectivity index (χ0n) is 54.3. The van der Waals surface area contributed by atoms with Crippen molar-refractivity contribution in [3.63, 3.8) is 0 Å². The van der Waals surface area contributed by atoms with Gasteiger partial charge >= 0.3 is 0 Å². The Morgan fingerprint density at radius 2 is 0.796 bits per heavy atom. The first kappa shape index (κ1) is 72.1. The molecule has 0 bridgehead atoms. The molecule has 0 saturated carbocycles. The summed E-state index contributed by atoms with van der Waals surface area (Å²) in [5.41, 5.74) is 8.33. The number of hydrogen-bond donors (Lipinski definition) is 6. The average molecular weight is 1340 g/mol. The van der Waals surface area contributed by atoms with Gasteiger partial charge in [0.05, 0.1) is 86.6 Å². The Labute approximate surface area is 560 Å². The van der Waals surface area contributed by atoms with Gasteiger partial charge in [-0.05, 0) is 149 Å². The number of pyridine rings is 7. The molecule has 510 valence electrons. The van der Waals surface area contributed by atoms with E-state index < -0.39 is 25.4 Å². The quantitative estimate of drug-likeness (QED) is 0.0404. The SMILES string of the molecule is Cc1ccc(Cc2cncc3c2C(=O)N(OCCO)CC3)c(F)c1.Cc1ccc(Cc2cncc3ccn(C[C@@H](O)CO)c(=O)c23)c(F)c1.Cc1ccc(Cc2cncc3ccn(C[C@H](O)CO)c(=O)c23)c(F)c1.Cc1ccc(Cc2cncc3ccn(OCCO)c(=O)c23)c(F)c1. The number of fused-ring (bicyclic) bond motifs is 4. The van der Waals surface area contributed by atoms with Crippen LogP contribution in [0.5, 0.6) is 0 Å². The molecule has 20 nitrogen and oxygen atoms in total. The van der Waals surface area contributed by atoms with Crippen LogP contribution in [0.3, 0.4) is 0 Å². The Kier molecular flexibility index (Phi) is 24.8. The number of amides is 1. The molecule has 1 amide bonds. The smallest absolute Gasteiger partial charge is 0.291 e. The fraction of sp³-hybridized carbons (Fsp3) is 0.270. The third kappa shape index (κ3) is 17.9. The van der Waals surface area contributed by atoms with E-state index in [0.29, 0.717) is 102 Å². The molecule has 24 heteroatoms. The molecule has 6 N–H and O–H groups in total. The molecule has 8 heterocycles. The minimum Gasteiger partial charge on any atom is -0.408 e. The summed E-state index contributed by atoms with van der Waals surface area (Å²) in [7, 11) is 0. The molecule has 0 radical (unpaired) electrons. The van der Waals surface area contributed by atoms with Gasteiger partial charge in [-0.1, -0.05) is 48.5 Å². The first-order chi connectivity index (χ1) is 47.2. The van der Waals surface area contributed by atoms with Gasteiger partial charge < -0.3 is 44.6 Å². The Hall–Kier alpha value is -10.2. The molecule has 1 aliphatic heterocycles. The topological polar surface area (TPSA) is 278 Å². The van der Waals surface area contributed by atoms with E-state index in [9.17, 15) is 47.0 Å². The third-order valence-electron chi connectivity index (χ3n) is 16.2. The van der Waals surface area contributed by atoms with Crippen LogP contribution in [0.1, 0.15) is 82.7 Å². The monoisotopic (exact) mass is 1340 g/mol. The van der Waals surface area contributed by atoms with E-state index in [2.05, 4.69) is 19.9 Å². The molecular formula is C74H74F4N8O12. The van der Waals surface area contributed by atoms with Gasteiger partial charge in [-0.15, -0.1) is 0 Å². The summed E-state index contributed by atoms with van der Waals surface area (Å²) < 4.78 is 60.4. The van der Waals surface area contributed by atoms with Crippen LogP contribution in [0.2, 0.25) is 0 Å². The van der Waals surface area contributed by atoms with E-state index in [0.717, 1.165) is 32.5 Å². The van der Waals surface area contributed by atoms with Gasteiger partial charge in [-0.2, -0.15) is 4.73 Å². The molecule has 1 aliphatic rings. The van der Waals surface area contributed by atoms with E-state index in [1.54, 1.807) is 104 Å². The van der Waals surface area contributed by atoms with E-state index in [1.807, 2.05) is 52.0 Å². The van der Waals surface area contributed by atoms with Crippen molar-refractivity contribution in [2.24, 2.45) is 0 Å². The first-order valence-corrected chi connectivity index (χ1v) is 31.4. The van der Waals surface area contributed by atoms with Crippen molar-refractivity contribution in [3.8, 4) is 0 Å². The first-order valence-electron chi connectivity index (χ1n) is 31.4. The van der Waals surface area contributed by atoms with Crippen LogP contribution in [-0.4, -0.2) is 134 Å². The van der Waals surface area contributed by atoms with E-state index in [-0.39, 0.29) is 105 Å². The third-order valence-corrected chi connectivity index (χ3v) is 16.2. The fourth-order valence-electron chi connectivity index (χ4n) is 11.2. The largest absolute Gasteiger partial charge is 0.408 e. The van der Waals surface area contributed by atoms with Crippen molar-refractivity contribution in [1.82, 2.24) is 38.9 Å². The van der Waals surface area contributed by atoms with Crippen LogP contribution < -0.4 is 21.5 Å². The zero-order chi connectivity index (χ0) is 70.2. The lowest BCUT2D eigenvalue weighted by Gasteiger charge is -2.28. The van der Waals surface area contributed by atoms with Crippen LogP contribution in [0.15, 0.2) is 174 Å².